The molecular formula is C22H23N5O2S. The van der Waals surface area contributed by atoms with Gasteiger partial charge in [0.15, 0.2) is 0 Å². The number of nitrogens with one attached hydrogen (secondary N) is 2. The zero-order valence-electron chi connectivity index (χ0n) is 16.7. The van der Waals surface area contributed by atoms with E-state index >= 15 is 0 Å². The molecule has 3 aromatic rings. The maximum absolute atomic E-state index is 12.6. The molecule has 154 valence electrons. The Labute approximate surface area is 178 Å². The molecule has 0 saturated carbocycles. The summed E-state index contributed by atoms with van der Waals surface area (Å²) in [5.74, 6) is -0.357. The van der Waals surface area contributed by atoms with Gasteiger partial charge in [0.05, 0.1) is 17.4 Å². The van der Waals surface area contributed by atoms with Gasteiger partial charge in [-0.15, -0.1) is 11.3 Å². The van der Waals surface area contributed by atoms with Crippen LogP contribution in [0.25, 0.3) is 21.5 Å². The molecule has 4 rings (SSSR count). The summed E-state index contributed by atoms with van der Waals surface area (Å²) in [6, 6.07) is 7.69. The summed E-state index contributed by atoms with van der Waals surface area (Å²) in [5, 5.41) is 7.48. The first-order chi connectivity index (χ1) is 14.5. The lowest BCUT2D eigenvalue weighted by Gasteiger charge is -2.29. The first kappa shape index (κ1) is 20.2. The van der Waals surface area contributed by atoms with Crippen molar-refractivity contribution in [1.82, 2.24) is 20.2 Å². The molecule has 7 nitrogen and oxygen atoms in total. The lowest BCUT2D eigenvalue weighted by Crippen LogP contribution is -2.43. The quantitative estimate of drug-likeness (QED) is 0.617. The molecule has 1 fully saturated rings. The number of fused-ring (bicyclic) bond motifs is 1. The van der Waals surface area contributed by atoms with Crippen LogP contribution in [-0.4, -0.2) is 52.9 Å². The highest BCUT2D eigenvalue weighted by Gasteiger charge is 2.20. The van der Waals surface area contributed by atoms with E-state index in [0.717, 1.165) is 47.4 Å². The number of rotatable bonds is 5. The number of likely N-dealkylation sites (tertiary alicyclic amines) is 1. The minimum atomic E-state index is -0.282. The molecule has 8 heteroatoms. The highest BCUT2D eigenvalue weighted by atomic mass is 32.1. The molecule has 1 saturated heterocycles. The predicted molar refractivity (Wildman–Crippen MR) is 120 cm³/mol. The van der Waals surface area contributed by atoms with Gasteiger partial charge in [-0.2, -0.15) is 0 Å². The minimum Gasteiger partial charge on any atom is -0.348 e. The third-order valence-corrected chi connectivity index (χ3v) is 6.26. The molecule has 0 bridgehead atoms. The molecule has 0 radical (unpaired) electrons. The fourth-order valence-corrected chi connectivity index (χ4v) is 4.31. The number of hydrogen-bond donors (Lipinski definition) is 2. The van der Waals surface area contributed by atoms with E-state index in [9.17, 15) is 9.59 Å². The van der Waals surface area contributed by atoms with Crippen molar-refractivity contribution in [2.75, 3.05) is 25.5 Å². The second kappa shape index (κ2) is 8.73. The average molecular weight is 422 g/mol. The number of piperidine rings is 1. The molecule has 0 aliphatic carbocycles. The Hall–Kier alpha value is -3.10. The predicted octanol–water partition coefficient (Wildman–Crippen LogP) is 3.31. The molecule has 0 atom stereocenters. The molecule has 1 aromatic carbocycles. The molecule has 2 N–H and O–H groups in total. The van der Waals surface area contributed by atoms with E-state index in [2.05, 4.69) is 39.1 Å². The number of amides is 2. The Kier molecular flexibility index (Phi) is 5.87. The number of aromatic nitrogens is 2. The number of thiazole rings is 1. The van der Waals surface area contributed by atoms with Gasteiger partial charge in [-0.3, -0.25) is 14.6 Å². The fourth-order valence-electron chi connectivity index (χ4n) is 3.49. The van der Waals surface area contributed by atoms with Crippen molar-refractivity contribution in [3.05, 3.63) is 54.2 Å². The molecule has 30 heavy (non-hydrogen) atoms. The van der Waals surface area contributed by atoms with Crippen molar-refractivity contribution in [2.45, 2.75) is 18.9 Å². The van der Waals surface area contributed by atoms with Gasteiger partial charge in [0.25, 0.3) is 5.91 Å². The first-order valence-electron chi connectivity index (χ1n) is 9.81. The maximum atomic E-state index is 12.6. The minimum absolute atomic E-state index is 0.0744. The smallest absolute Gasteiger partial charge is 0.263 e. The van der Waals surface area contributed by atoms with Crippen molar-refractivity contribution in [1.29, 1.82) is 0 Å². The van der Waals surface area contributed by atoms with Crippen LogP contribution in [0.5, 0.6) is 0 Å². The zero-order chi connectivity index (χ0) is 21.1. The van der Waals surface area contributed by atoms with Gasteiger partial charge in [0.1, 0.15) is 9.88 Å². The van der Waals surface area contributed by atoms with Crippen LogP contribution in [0, 0.1) is 0 Å². The number of carbonyl (C=O) groups excluding carboxylic acids is 2. The van der Waals surface area contributed by atoms with E-state index in [1.54, 1.807) is 18.5 Å². The zero-order valence-corrected chi connectivity index (χ0v) is 17.5. The highest BCUT2D eigenvalue weighted by molar-refractivity contribution is 7.16. The van der Waals surface area contributed by atoms with Crippen LogP contribution in [0.4, 0.5) is 5.69 Å². The first-order valence-corrected chi connectivity index (χ1v) is 10.6. The Balaban J connectivity index is 1.55. The third-order valence-electron chi connectivity index (χ3n) is 5.22. The van der Waals surface area contributed by atoms with Gasteiger partial charge in [-0.25, -0.2) is 4.98 Å². The number of pyridine rings is 1. The van der Waals surface area contributed by atoms with E-state index in [0.29, 0.717) is 10.6 Å². The second-order valence-electron chi connectivity index (χ2n) is 7.36. The molecule has 1 aliphatic rings. The normalized spacial score (nSPS) is 15.1. The molecule has 1 aliphatic heterocycles. The van der Waals surface area contributed by atoms with Crippen LogP contribution in [-0.2, 0) is 4.79 Å². The number of nitrogens with zero attached hydrogens (tertiary/aromatic N) is 3. The molecule has 2 amide bonds. The largest absolute Gasteiger partial charge is 0.348 e. The summed E-state index contributed by atoms with van der Waals surface area (Å²) in [7, 11) is 2.10. The fraction of sp³-hybridized carbons (Fsp3) is 0.273. The van der Waals surface area contributed by atoms with E-state index in [-0.39, 0.29) is 17.9 Å². The van der Waals surface area contributed by atoms with Gasteiger partial charge in [0.2, 0.25) is 5.91 Å². The Bertz CT molecular complexity index is 1100. The van der Waals surface area contributed by atoms with Crippen LogP contribution in [0.3, 0.4) is 0 Å². The topological polar surface area (TPSA) is 87.2 Å². The van der Waals surface area contributed by atoms with Crippen molar-refractivity contribution in [2.24, 2.45) is 0 Å². The monoisotopic (exact) mass is 421 g/mol. The van der Waals surface area contributed by atoms with Crippen LogP contribution >= 0.6 is 11.3 Å². The van der Waals surface area contributed by atoms with E-state index in [1.165, 1.54) is 17.4 Å². The number of anilines is 1. The van der Waals surface area contributed by atoms with Gasteiger partial charge < -0.3 is 15.5 Å². The molecule has 2 aromatic heterocycles. The Morgan fingerprint density at radius 3 is 2.80 bits per heavy atom. The lowest BCUT2D eigenvalue weighted by molar-refractivity contribution is -0.111. The number of hydrogen-bond acceptors (Lipinski definition) is 6. The van der Waals surface area contributed by atoms with Gasteiger partial charge >= 0.3 is 0 Å². The summed E-state index contributed by atoms with van der Waals surface area (Å²) in [6.45, 7) is 5.48. The second-order valence-corrected chi connectivity index (χ2v) is 8.40. The van der Waals surface area contributed by atoms with Crippen LogP contribution in [0.15, 0.2) is 49.3 Å². The summed E-state index contributed by atoms with van der Waals surface area (Å²) < 4.78 is 0. The van der Waals surface area contributed by atoms with Crippen molar-refractivity contribution >= 4 is 39.7 Å². The van der Waals surface area contributed by atoms with Crippen LogP contribution < -0.4 is 10.6 Å². The number of benzene rings is 1. The van der Waals surface area contributed by atoms with Crippen LogP contribution in [0.2, 0.25) is 0 Å². The van der Waals surface area contributed by atoms with Gasteiger partial charge in [-0.05, 0) is 63.3 Å². The summed E-state index contributed by atoms with van der Waals surface area (Å²) in [5.41, 5.74) is 2.29. The average Bonchev–Trinajstić information content (AvgIpc) is 3.26. The molecule has 3 heterocycles. The maximum Gasteiger partial charge on any atom is 0.263 e. The summed E-state index contributed by atoms with van der Waals surface area (Å²) in [6.07, 6.45) is 6.43. The van der Waals surface area contributed by atoms with E-state index in [1.807, 2.05) is 18.2 Å². The Morgan fingerprint density at radius 2 is 2.03 bits per heavy atom. The summed E-state index contributed by atoms with van der Waals surface area (Å²) >= 11 is 1.36. The Morgan fingerprint density at radius 1 is 1.23 bits per heavy atom. The molecule has 0 unspecified atom stereocenters. The van der Waals surface area contributed by atoms with Crippen molar-refractivity contribution in [3.63, 3.8) is 0 Å². The number of carbonyl (C=O) groups is 2. The molecule has 0 spiro atoms. The standard InChI is InChI=1S/C22H23N5O2S/c1-3-20(28)26-18-6-9-23-17-5-4-14(12-16(17)18)22-24-13-19(30-22)21(29)25-15-7-10-27(2)11-8-15/h3-6,9,12-13,15H,1,7-8,10-11H2,2H3,(H,25,29)(H,23,26,28). The van der Waals surface area contributed by atoms with E-state index in [4.69, 9.17) is 0 Å². The molecular weight excluding hydrogens is 398 g/mol. The summed E-state index contributed by atoms with van der Waals surface area (Å²) in [4.78, 5) is 36.0. The SMILES string of the molecule is C=CC(=O)Nc1ccnc2ccc(-c3ncc(C(=O)NC4CCN(C)CC4)s3)cc12. The van der Waals surface area contributed by atoms with Gasteiger partial charge in [0, 0.05) is 23.2 Å². The van der Waals surface area contributed by atoms with Crippen molar-refractivity contribution in [3.8, 4) is 10.6 Å². The lowest BCUT2D eigenvalue weighted by atomic mass is 10.1. The van der Waals surface area contributed by atoms with Crippen LogP contribution in [0.1, 0.15) is 22.5 Å². The van der Waals surface area contributed by atoms with Crippen molar-refractivity contribution < 1.29 is 9.59 Å². The highest BCUT2D eigenvalue weighted by Crippen LogP contribution is 2.30. The van der Waals surface area contributed by atoms with E-state index < -0.39 is 0 Å². The van der Waals surface area contributed by atoms with Gasteiger partial charge in [-0.1, -0.05) is 6.58 Å². The third kappa shape index (κ3) is 4.39.